The number of rotatable bonds is 11. The second-order valence-corrected chi connectivity index (χ2v) is 13.9. The zero-order valence-electron chi connectivity index (χ0n) is 27.8. The summed E-state index contributed by atoms with van der Waals surface area (Å²) in [4.78, 5) is 39.8. The number of furan rings is 1. The molecular weight excluding hydrogens is 638 g/mol. The number of carbonyl (C=O) groups excluding carboxylic acids is 2. The summed E-state index contributed by atoms with van der Waals surface area (Å²) in [5.41, 5.74) is 3.33. The van der Waals surface area contributed by atoms with E-state index < -0.39 is 27.4 Å². The van der Waals surface area contributed by atoms with Crippen molar-refractivity contribution in [1.82, 2.24) is 14.9 Å². The molecule has 0 fully saturated rings. The Bertz CT molecular complexity index is 2040. The highest BCUT2D eigenvalue weighted by atomic mass is 32.2. The Morgan fingerprint density at radius 2 is 1.71 bits per heavy atom. The highest BCUT2D eigenvalue weighted by Crippen LogP contribution is 2.51. The molecule has 0 spiro atoms. The van der Waals surface area contributed by atoms with E-state index in [0.29, 0.717) is 69.1 Å². The minimum Gasteiger partial charge on any atom is -0.493 e. The summed E-state index contributed by atoms with van der Waals surface area (Å²) < 4.78 is 49.2. The first-order valence-electron chi connectivity index (χ1n) is 15.3. The van der Waals surface area contributed by atoms with E-state index >= 15 is 0 Å². The maximum absolute atomic E-state index is 14.1. The van der Waals surface area contributed by atoms with Crippen LogP contribution in [0.15, 0.2) is 57.7 Å². The Hall–Kier alpha value is -4.88. The van der Waals surface area contributed by atoms with E-state index in [4.69, 9.17) is 18.6 Å². The van der Waals surface area contributed by atoms with Crippen molar-refractivity contribution < 1.29 is 36.6 Å². The molecule has 1 heterocycles. The lowest BCUT2D eigenvalue weighted by Gasteiger charge is -2.20. The predicted molar refractivity (Wildman–Crippen MR) is 182 cm³/mol. The van der Waals surface area contributed by atoms with Crippen LogP contribution in [0.25, 0.3) is 33.4 Å². The third-order valence-corrected chi connectivity index (χ3v) is 10.2. The van der Waals surface area contributed by atoms with Gasteiger partial charge in [0.25, 0.3) is 0 Å². The molecule has 3 aromatic carbocycles. The van der Waals surface area contributed by atoms with Gasteiger partial charge in [-0.2, -0.15) is 0 Å². The number of benzene rings is 2. The Morgan fingerprint density at radius 1 is 1.00 bits per heavy atom. The van der Waals surface area contributed by atoms with Crippen LogP contribution in [0, 0.1) is 0 Å². The number of amides is 2. The number of ether oxygens (including phenoxy) is 3. The molecule has 1 aliphatic carbocycles. The van der Waals surface area contributed by atoms with Gasteiger partial charge in [0, 0.05) is 49.6 Å². The lowest BCUT2D eigenvalue weighted by atomic mass is 9.94. The zero-order chi connectivity index (χ0) is 34.7. The molecule has 1 aromatic heterocycles. The molecule has 13 heteroatoms. The average Bonchev–Trinajstić information content (AvgIpc) is 3.25. The average molecular weight is 678 g/mol. The molecule has 254 valence electrons. The van der Waals surface area contributed by atoms with Gasteiger partial charge in [0.15, 0.2) is 17.1 Å². The third-order valence-electron chi connectivity index (χ3n) is 8.41. The maximum Gasteiger partial charge on any atom is 0.224 e. The Morgan fingerprint density at radius 3 is 2.33 bits per heavy atom. The number of nitrogens with zero attached hydrogens (tertiary/aromatic N) is 1. The van der Waals surface area contributed by atoms with Crippen LogP contribution in [-0.2, 0) is 32.5 Å². The van der Waals surface area contributed by atoms with Gasteiger partial charge in [0.05, 0.1) is 39.5 Å². The Balaban J connectivity index is 1.79. The van der Waals surface area contributed by atoms with Crippen LogP contribution in [0.1, 0.15) is 36.1 Å². The molecule has 1 aliphatic rings. The molecule has 5 rings (SSSR count). The second-order valence-electron chi connectivity index (χ2n) is 11.6. The van der Waals surface area contributed by atoms with Gasteiger partial charge in [-0.15, -0.1) is 0 Å². The fourth-order valence-electron chi connectivity index (χ4n) is 6.10. The van der Waals surface area contributed by atoms with Gasteiger partial charge in [0.1, 0.15) is 5.76 Å². The Labute approximate surface area is 279 Å². The summed E-state index contributed by atoms with van der Waals surface area (Å²) in [5, 5.41) is 6.08. The number of methoxy groups -OCH3 is 3. The van der Waals surface area contributed by atoms with Crippen molar-refractivity contribution in [2.45, 2.75) is 32.2 Å². The van der Waals surface area contributed by atoms with Gasteiger partial charge >= 0.3 is 0 Å². The van der Waals surface area contributed by atoms with Crippen molar-refractivity contribution in [1.29, 1.82) is 0 Å². The first-order chi connectivity index (χ1) is 22.9. The van der Waals surface area contributed by atoms with Crippen LogP contribution in [0.4, 0.5) is 0 Å². The standard InChI is InChI=1S/C35H39N3O9S/c1-20(39)37-27-13-12-22-16-29(44-4)34(45-5)35(46-6)31(22)24-17-25-26(19-30(41)36-14-15-48(42,43)38(2)3)32(21-10-8-7-9-11-21)47-33(25)28(40)18-23(24)27/h7-11,16-18,27H,12-15,19H2,1-6H3,(H,36,41)(H,37,39). The Kier molecular flexibility index (Phi) is 10.1. The molecule has 0 saturated carbocycles. The van der Waals surface area contributed by atoms with Gasteiger partial charge in [-0.1, -0.05) is 30.3 Å². The highest BCUT2D eigenvalue weighted by molar-refractivity contribution is 7.89. The molecule has 0 bridgehead atoms. The van der Waals surface area contributed by atoms with Crippen molar-refractivity contribution in [3.05, 3.63) is 75.4 Å². The van der Waals surface area contributed by atoms with Crippen molar-refractivity contribution in [2.24, 2.45) is 0 Å². The van der Waals surface area contributed by atoms with E-state index in [9.17, 15) is 22.8 Å². The van der Waals surface area contributed by atoms with Gasteiger partial charge in [0.2, 0.25) is 33.0 Å². The first-order valence-corrected chi connectivity index (χ1v) is 17.0. The fourth-order valence-corrected chi connectivity index (χ4v) is 6.83. The smallest absolute Gasteiger partial charge is 0.224 e. The van der Waals surface area contributed by atoms with E-state index in [0.717, 1.165) is 9.87 Å². The minimum atomic E-state index is -3.53. The highest BCUT2D eigenvalue weighted by Gasteiger charge is 2.31. The number of carbonyl (C=O) groups is 2. The summed E-state index contributed by atoms with van der Waals surface area (Å²) in [6.45, 7) is 1.32. The maximum atomic E-state index is 14.1. The van der Waals surface area contributed by atoms with Crippen LogP contribution >= 0.6 is 0 Å². The topological polar surface area (TPSA) is 153 Å². The molecule has 1 unspecified atom stereocenters. The summed E-state index contributed by atoms with van der Waals surface area (Å²) >= 11 is 0. The lowest BCUT2D eigenvalue weighted by Crippen LogP contribution is -2.34. The van der Waals surface area contributed by atoms with E-state index in [-0.39, 0.29) is 30.2 Å². The zero-order valence-corrected chi connectivity index (χ0v) is 28.6. The normalized spacial score (nSPS) is 14.1. The number of hydrogen-bond donors (Lipinski definition) is 2. The van der Waals surface area contributed by atoms with Crippen LogP contribution < -0.4 is 30.3 Å². The van der Waals surface area contributed by atoms with E-state index in [2.05, 4.69) is 10.6 Å². The number of sulfonamides is 1. The molecule has 48 heavy (non-hydrogen) atoms. The van der Waals surface area contributed by atoms with E-state index in [1.807, 2.05) is 36.4 Å². The van der Waals surface area contributed by atoms with E-state index in [1.54, 1.807) is 6.07 Å². The SMILES string of the molecule is COc1cc2c(c(OC)c1OC)-c1cc3c(CC(=O)NCCS(=O)(=O)N(C)C)c(-c4ccccc4)oc3c(=O)cc1C(NC(C)=O)CC2. The molecule has 0 aliphatic heterocycles. The molecule has 2 amide bonds. The largest absolute Gasteiger partial charge is 0.493 e. The van der Waals surface area contributed by atoms with Crippen LogP contribution in [0.2, 0.25) is 0 Å². The summed E-state index contributed by atoms with van der Waals surface area (Å²) in [6, 6.07) is 13.7. The van der Waals surface area contributed by atoms with Crippen molar-refractivity contribution in [3.8, 4) is 39.7 Å². The van der Waals surface area contributed by atoms with Gasteiger partial charge in [-0.05, 0) is 47.7 Å². The molecule has 2 N–H and O–H groups in total. The van der Waals surface area contributed by atoms with E-state index in [1.165, 1.54) is 48.4 Å². The van der Waals surface area contributed by atoms with Crippen molar-refractivity contribution >= 4 is 32.8 Å². The number of fused-ring (bicyclic) bond motifs is 4. The van der Waals surface area contributed by atoms with Gasteiger partial charge < -0.3 is 29.3 Å². The number of aryl methyl sites for hydroxylation is 1. The second kappa shape index (κ2) is 14.1. The molecule has 12 nitrogen and oxygen atoms in total. The van der Waals surface area contributed by atoms with Crippen molar-refractivity contribution in [3.63, 3.8) is 0 Å². The van der Waals surface area contributed by atoms with Gasteiger partial charge in [-0.3, -0.25) is 14.4 Å². The molecule has 1 atom stereocenters. The summed E-state index contributed by atoms with van der Waals surface area (Å²) in [6.07, 6.45) is 0.782. The van der Waals surface area contributed by atoms with Crippen LogP contribution in [0.5, 0.6) is 17.2 Å². The monoisotopic (exact) mass is 677 g/mol. The minimum absolute atomic E-state index is 0.0301. The number of nitrogens with one attached hydrogen (secondary N) is 2. The summed E-state index contributed by atoms with van der Waals surface area (Å²) in [5.74, 6) is 0.559. The lowest BCUT2D eigenvalue weighted by molar-refractivity contribution is -0.120. The fraction of sp³-hybridized carbons (Fsp3) is 0.343. The quantitative estimate of drug-likeness (QED) is 0.241. The molecule has 0 saturated heterocycles. The predicted octanol–water partition coefficient (Wildman–Crippen LogP) is 3.83. The molecular formula is C35H39N3O9S. The van der Waals surface area contributed by atoms with Gasteiger partial charge in [-0.25, -0.2) is 12.7 Å². The van der Waals surface area contributed by atoms with Crippen molar-refractivity contribution in [2.75, 3.05) is 47.7 Å². The van der Waals surface area contributed by atoms with Crippen LogP contribution in [-0.4, -0.2) is 72.3 Å². The first kappa shape index (κ1) is 34.5. The van der Waals surface area contributed by atoms with Crippen LogP contribution in [0.3, 0.4) is 0 Å². The molecule has 4 aromatic rings. The summed E-state index contributed by atoms with van der Waals surface area (Å²) in [7, 11) is 3.88. The third kappa shape index (κ3) is 6.74. The molecule has 0 radical (unpaired) electrons. The number of hydrogen-bond acceptors (Lipinski definition) is 9.